The fraction of sp³-hybridized carbons (Fsp3) is 0.467. The Balaban J connectivity index is 2.29. The van der Waals surface area contributed by atoms with Crippen LogP contribution in [0.15, 0.2) is 12.1 Å². The fourth-order valence-corrected chi connectivity index (χ4v) is 2.51. The molecule has 1 fully saturated rings. The number of alkyl halides is 1. The quantitative estimate of drug-likeness (QED) is 0.915. The number of hydrogen-bond acceptors (Lipinski definition) is 4. The van der Waals surface area contributed by atoms with Crippen molar-refractivity contribution in [2.45, 2.75) is 19.0 Å². The lowest BCUT2D eigenvalue weighted by Crippen LogP contribution is -2.38. The molecule has 0 saturated carbocycles. The van der Waals surface area contributed by atoms with Gasteiger partial charge in [0, 0.05) is 24.1 Å². The Kier molecular flexibility index (Phi) is 4.25. The highest BCUT2D eigenvalue weighted by Gasteiger charge is 2.47. The van der Waals surface area contributed by atoms with E-state index in [0.29, 0.717) is 11.5 Å². The van der Waals surface area contributed by atoms with E-state index >= 15 is 0 Å². The van der Waals surface area contributed by atoms with Crippen LogP contribution < -0.4 is 9.47 Å². The van der Waals surface area contributed by atoms with Crippen molar-refractivity contribution in [3.05, 3.63) is 23.3 Å². The van der Waals surface area contributed by atoms with Crippen molar-refractivity contribution in [1.82, 2.24) is 4.90 Å². The van der Waals surface area contributed by atoms with E-state index in [-0.39, 0.29) is 18.5 Å². The first kappa shape index (κ1) is 16.1. The molecule has 1 aliphatic rings. The number of carboxylic acids is 1. The number of methoxy groups -OCH3 is 2. The minimum absolute atomic E-state index is 0.0557. The van der Waals surface area contributed by atoms with Gasteiger partial charge in [-0.05, 0) is 19.1 Å². The Morgan fingerprint density at radius 3 is 2.23 bits per heavy atom. The van der Waals surface area contributed by atoms with Gasteiger partial charge in [0.2, 0.25) is 5.67 Å². The van der Waals surface area contributed by atoms with E-state index in [1.807, 2.05) is 0 Å². The molecule has 6 nitrogen and oxygen atoms in total. The van der Waals surface area contributed by atoms with Gasteiger partial charge in [-0.3, -0.25) is 4.79 Å². The first-order valence-electron chi connectivity index (χ1n) is 6.76. The summed E-state index contributed by atoms with van der Waals surface area (Å²) in [5.41, 5.74) is -1.36. The maximum atomic E-state index is 14.1. The van der Waals surface area contributed by atoms with Gasteiger partial charge in [-0.15, -0.1) is 0 Å². The Bertz CT molecular complexity index is 593. The van der Waals surface area contributed by atoms with Crippen molar-refractivity contribution >= 4 is 11.9 Å². The summed E-state index contributed by atoms with van der Waals surface area (Å²) in [6, 6.07) is 3.08. The lowest BCUT2D eigenvalue weighted by Gasteiger charge is -2.19. The predicted molar refractivity (Wildman–Crippen MR) is 76.3 cm³/mol. The molecule has 1 amide bonds. The van der Waals surface area contributed by atoms with Gasteiger partial charge in [0.1, 0.15) is 11.5 Å². The SMILES string of the molecule is COc1cc(C(=O)N2CCC(F)(C(=O)O)C2)cc(OC)c1C. The second-order valence-electron chi connectivity index (χ2n) is 5.25. The van der Waals surface area contributed by atoms with Crippen LogP contribution in [0.4, 0.5) is 4.39 Å². The topological polar surface area (TPSA) is 76.1 Å². The van der Waals surface area contributed by atoms with E-state index < -0.39 is 24.1 Å². The first-order valence-corrected chi connectivity index (χ1v) is 6.76. The standard InChI is InChI=1S/C15H18FNO5/c1-9-11(21-2)6-10(7-12(9)22-3)13(18)17-5-4-15(16,8-17)14(19)20/h6-7H,4-5,8H2,1-3H3,(H,19,20). The zero-order valence-corrected chi connectivity index (χ0v) is 12.7. The van der Waals surface area contributed by atoms with Gasteiger partial charge in [-0.25, -0.2) is 9.18 Å². The van der Waals surface area contributed by atoms with Crippen LogP contribution in [0.25, 0.3) is 0 Å². The predicted octanol–water partition coefficient (Wildman–Crippen LogP) is 1.65. The number of hydrogen-bond donors (Lipinski definition) is 1. The average Bonchev–Trinajstić information content (AvgIpc) is 2.90. The molecule has 0 spiro atoms. The van der Waals surface area contributed by atoms with E-state index in [1.54, 1.807) is 19.1 Å². The lowest BCUT2D eigenvalue weighted by molar-refractivity contribution is -0.149. The molecular formula is C15H18FNO5. The fourth-order valence-electron chi connectivity index (χ4n) is 2.51. The van der Waals surface area contributed by atoms with E-state index in [1.165, 1.54) is 19.1 Å². The summed E-state index contributed by atoms with van der Waals surface area (Å²) in [7, 11) is 2.95. The Hall–Kier alpha value is -2.31. The molecule has 1 aromatic carbocycles. The molecule has 1 N–H and O–H groups in total. The molecule has 0 bridgehead atoms. The average molecular weight is 311 g/mol. The third kappa shape index (κ3) is 2.70. The summed E-state index contributed by atoms with van der Waals surface area (Å²) in [5, 5.41) is 8.89. The summed E-state index contributed by atoms with van der Waals surface area (Å²) in [4.78, 5) is 24.6. The van der Waals surface area contributed by atoms with Gasteiger partial charge in [0.25, 0.3) is 5.91 Å². The maximum Gasteiger partial charge on any atom is 0.343 e. The molecule has 22 heavy (non-hydrogen) atoms. The number of likely N-dealkylation sites (tertiary alicyclic amines) is 1. The molecule has 1 atom stereocenters. The Morgan fingerprint density at radius 2 is 1.82 bits per heavy atom. The summed E-state index contributed by atoms with van der Waals surface area (Å²) >= 11 is 0. The van der Waals surface area contributed by atoms with Gasteiger partial charge in [-0.2, -0.15) is 0 Å². The highest BCUT2D eigenvalue weighted by Crippen LogP contribution is 2.32. The van der Waals surface area contributed by atoms with Crippen molar-refractivity contribution in [3.63, 3.8) is 0 Å². The Morgan fingerprint density at radius 1 is 1.27 bits per heavy atom. The zero-order chi connectivity index (χ0) is 16.5. The van der Waals surface area contributed by atoms with E-state index in [0.717, 1.165) is 5.56 Å². The summed E-state index contributed by atoms with van der Waals surface area (Å²) < 4.78 is 24.5. The summed E-state index contributed by atoms with van der Waals surface area (Å²) in [6.07, 6.45) is -0.214. The molecule has 0 aromatic heterocycles. The highest BCUT2D eigenvalue weighted by atomic mass is 19.1. The minimum Gasteiger partial charge on any atom is -0.496 e. The van der Waals surface area contributed by atoms with Crippen molar-refractivity contribution in [1.29, 1.82) is 0 Å². The van der Waals surface area contributed by atoms with Crippen LogP contribution in [-0.4, -0.2) is 54.9 Å². The zero-order valence-electron chi connectivity index (χ0n) is 12.7. The third-order valence-electron chi connectivity index (χ3n) is 3.89. The van der Waals surface area contributed by atoms with Crippen LogP contribution >= 0.6 is 0 Å². The van der Waals surface area contributed by atoms with Crippen molar-refractivity contribution < 1.29 is 28.6 Å². The molecule has 1 aromatic rings. The largest absolute Gasteiger partial charge is 0.496 e. The van der Waals surface area contributed by atoms with Gasteiger partial charge in [0.05, 0.1) is 20.8 Å². The second-order valence-corrected chi connectivity index (χ2v) is 5.25. The van der Waals surface area contributed by atoms with Crippen molar-refractivity contribution in [2.24, 2.45) is 0 Å². The van der Waals surface area contributed by atoms with E-state index in [2.05, 4.69) is 0 Å². The molecule has 0 aliphatic carbocycles. The van der Waals surface area contributed by atoms with Crippen molar-refractivity contribution in [3.8, 4) is 11.5 Å². The molecule has 1 saturated heterocycles. The van der Waals surface area contributed by atoms with Gasteiger partial charge in [0.15, 0.2) is 0 Å². The van der Waals surface area contributed by atoms with Crippen LogP contribution in [0.5, 0.6) is 11.5 Å². The normalized spacial score (nSPS) is 20.8. The van der Waals surface area contributed by atoms with Crippen LogP contribution in [-0.2, 0) is 4.79 Å². The van der Waals surface area contributed by atoms with Crippen LogP contribution in [0, 0.1) is 6.92 Å². The molecule has 7 heteroatoms. The number of benzene rings is 1. The van der Waals surface area contributed by atoms with Gasteiger partial charge < -0.3 is 19.5 Å². The minimum atomic E-state index is -2.38. The molecular weight excluding hydrogens is 293 g/mol. The number of halogens is 1. The molecule has 1 heterocycles. The Labute approximate surface area is 127 Å². The smallest absolute Gasteiger partial charge is 0.343 e. The summed E-state index contributed by atoms with van der Waals surface area (Å²) in [5.74, 6) is -1.03. The number of ether oxygens (including phenoxy) is 2. The monoisotopic (exact) mass is 311 g/mol. The van der Waals surface area contributed by atoms with Crippen LogP contribution in [0.1, 0.15) is 22.3 Å². The summed E-state index contributed by atoms with van der Waals surface area (Å²) in [6.45, 7) is 1.39. The number of amides is 1. The second kappa shape index (κ2) is 5.82. The van der Waals surface area contributed by atoms with Crippen molar-refractivity contribution in [2.75, 3.05) is 27.3 Å². The van der Waals surface area contributed by atoms with Crippen LogP contribution in [0.3, 0.4) is 0 Å². The number of carboxylic acid groups (broad SMARTS) is 1. The molecule has 2 rings (SSSR count). The van der Waals surface area contributed by atoms with Crippen LogP contribution in [0.2, 0.25) is 0 Å². The molecule has 1 aliphatic heterocycles. The number of aliphatic carboxylic acids is 1. The van der Waals surface area contributed by atoms with E-state index in [9.17, 15) is 14.0 Å². The molecule has 120 valence electrons. The van der Waals surface area contributed by atoms with E-state index in [4.69, 9.17) is 14.6 Å². The lowest BCUT2D eigenvalue weighted by atomic mass is 10.1. The molecule has 1 unspecified atom stereocenters. The third-order valence-corrected chi connectivity index (χ3v) is 3.89. The van der Waals surface area contributed by atoms with Gasteiger partial charge in [-0.1, -0.05) is 0 Å². The number of carbonyl (C=O) groups is 2. The van der Waals surface area contributed by atoms with Gasteiger partial charge >= 0.3 is 5.97 Å². The number of carbonyl (C=O) groups excluding carboxylic acids is 1. The first-order chi connectivity index (χ1) is 10.3. The number of rotatable bonds is 4. The number of nitrogens with zero attached hydrogens (tertiary/aromatic N) is 1. The highest BCUT2D eigenvalue weighted by molar-refractivity contribution is 5.96. The maximum absolute atomic E-state index is 14.1. The molecule has 0 radical (unpaired) electrons.